The van der Waals surface area contributed by atoms with Gasteiger partial charge in [0.05, 0.1) is 6.42 Å². The van der Waals surface area contributed by atoms with Crippen LogP contribution in [0.25, 0.3) is 5.69 Å². The van der Waals surface area contributed by atoms with Gasteiger partial charge >= 0.3 is 0 Å². The van der Waals surface area contributed by atoms with Gasteiger partial charge < -0.3 is 15.2 Å². The Kier molecular flexibility index (Phi) is 5.45. The zero-order chi connectivity index (χ0) is 18.7. The lowest BCUT2D eigenvalue weighted by atomic mass is 10.1. The second kappa shape index (κ2) is 7.77. The number of aromatic nitrogens is 1. The lowest BCUT2D eigenvalue weighted by molar-refractivity contribution is -0.123. The third kappa shape index (κ3) is 4.34. The summed E-state index contributed by atoms with van der Waals surface area (Å²) < 4.78 is 2.18. The fourth-order valence-electron chi connectivity index (χ4n) is 3.21. The van der Waals surface area contributed by atoms with Gasteiger partial charge in [-0.05, 0) is 57.4 Å². The van der Waals surface area contributed by atoms with Crippen LogP contribution in [0.4, 0.5) is 0 Å². The van der Waals surface area contributed by atoms with Crippen molar-refractivity contribution < 1.29 is 9.59 Å². The molecule has 138 valence electrons. The van der Waals surface area contributed by atoms with Crippen LogP contribution in [0.2, 0.25) is 0 Å². The van der Waals surface area contributed by atoms with E-state index in [9.17, 15) is 9.59 Å². The molecule has 2 amide bonds. The van der Waals surface area contributed by atoms with Crippen molar-refractivity contribution in [1.29, 1.82) is 0 Å². The highest BCUT2D eigenvalue weighted by Crippen LogP contribution is 2.28. The number of rotatable bonds is 7. The Balaban J connectivity index is 1.55. The number of carbonyl (C=O) groups excluding carboxylic acids is 2. The summed E-state index contributed by atoms with van der Waals surface area (Å²) in [6.07, 6.45) is 2.34. The van der Waals surface area contributed by atoms with Gasteiger partial charge in [0, 0.05) is 36.1 Å². The zero-order valence-electron chi connectivity index (χ0n) is 15.8. The molecule has 0 saturated heterocycles. The lowest BCUT2D eigenvalue weighted by Gasteiger charge is -2.11. The van der Waals surface area contributed by atoms with E-state index >= 15 is 0 Å². The SMILES string of the molecule is Cc1ccc(-n2c(C)cc(CC(=O)NCCNC(=O)C3CC3)c2C)cc1. The van der Waals surface area contributed by atoms with E-state index in [1.54, 1.807) is 0 Å². The summed E-state index contributed by atoms with van der Waals surface area (Å²) in [6, 6.07) is 10.5. The highest BCUT2D eigenvalue weighted by molar-refractivity contribution is 5.81. The number of amides is 2. The summed E-state index contributed by atoms with van der Waals surface area (Å²) in [5.74, 6) is 0.300. The number of benzene rings is 1. The molecule has 0 bridgehead atoms. The molecule has 2 aromatic rings. The first-order valence-electron chi connectivity index (χ1n) is 9.25. The first-order chi connectivity index (χ1) is 12.5. The number of hydrogen-bond acceptors (Lipinski definition) is 2. The Morgan fingerprint density at radius 3 is 2.35 bits per heavy atom. The first kappa shape index (κ1) is 18.2. The Morgan fingerprint density at radius 1 is 1.04 bits per heavy atom. The van der Waals surface area contributed by atoms with Gasteiger partial charge in [0.2, 0.25) is 11.8 Å². The molecule has 0 unspecified atom stereocenters. The number of aryl methyl sites for hydroxylation is 2. The van der Waals surface area contributed by atoms with Crippen LogP contribution in [0, 0.1) is 26.7 Å². The molecule has 5 nitrogen and oxygen atoms in total. The van der Waals surface area contributed by atoms with Crippen LogP contribution in [0.5, 0.6) is 0 Å². The van der Waals surface area contributed by atoms with Crippen molar-refractivity contribution >= 4 is 11.8 Å². The van der Waals surface area contributed by atoms with Crippen molar-refractivity contribution in [3.63, 3.8) is 0 Å². The molecule has 0 radical (unpaired) electrons. The van der Waals surface area contributed by atoms with Crippen molar-refractivity contribution in [2.45, 2.75) is 40.0 Å². The van der Waals surface area contributed by atoms with E-state index in [1.807, 2.05) is 6.92 Å². The Morgan fingerprint density at radius 2 is 1.69 bits per heavy atom. The first-order valence-corrected chi connectivity index (χ1v) is 9.25. The summed E-state index contributed by atoms with van der Waals surface area (Å²) in [6.45, 7) is 7.13. The molecule has 26 heavy (non-hydrogen) atoms. The zero-order valence-corrected chi connectivity index (χ0v) is 15.8. The number of carbonyl (C=O) groups is 2. The molecule has 0 atom stereocenters. The van der Waals surface area contributed by atoms with Gasteiger partial charge in [0.1, 0.15) is 0 Å². The van der Waals surface area contributed by atoms with E-state index in [2.05, 4.69) is 59.4 Å². The predicted molar refractivity (Wildman–Crippen MR) is 102 cm³/mol. The monoisotopic (exact) mass is 353 g/mol. The largest absolute Gasteiger partial charge is 0.354 e. The maximum atomic E-state index is 12.2. The van der Waals surface area contributed by atoms with Crippen LogP contribution in [0.3, 0.4) is 0 Å². The Labute approximate surface area is 154 Å². The van der Waals surface area contributed by atoms with E-state index in [0.717, 1.165) is 35.5 Å². The molecule has 2 N–H and O–H groups in total. The number of nitrogens with zero attached hydrogens (tertiary/aromatic N) is 1. The van der Waals surface area contributed by atoms with Gasteiger partial charge in [0.15, 0.2) is 0 Å². The van der Waals surface area contributed by atoms with E-state index < -0.39 is 0 Å². The highest BCUT2D eigenvalue weighted by Gasteiger charge is 2.29. The topological polar surface area (TPSA) is 63.1 Å². The normalized spacial score (nSPS) is 13.5. The molecule has 3 rings (SSSR count). The highest BCUT2D eigenvalue weighted by atomic mass is 16.2. The Bertz CT molecular complexity index is 801. The fourth-order valence-corrected chi connectivity index (χ4v) is 3.21. The minimum atomic E-state index is -0.0187. The lowest BCUT2D eigenvalue weighted by Crippen LogP contribution is -2.35. The smallest absolute Gasteiger partial charge is 0.224 e. The van der Waals surface area contributed by atoms with Crippen LogP contribution >= 0.6 is 0 Å². The van der Waals surface area contributed by atoms with Gasteiger partial charge in [-0.25, -0.2) is 0 Å². The van der Waals surface area contributed by atoms with Crippen LogP contribution in [0.15, 0.2) is 30.3 Å². The average molecular weight is 353 g/mol. The van der Waals surface area contributed by atoms with Crippen molar-refractivity contribution in [2.75, 3.05) is 13.1 Å². The van der Waals surface area contributed by atoms with E-state index in [0.29, 0.717) is 19.5 Å². The third-order valence-corrected chi connectivity index (χ3v) is 4.87. The maximum absolute atomic E-state index is 12.2. The van der Waals surface area contributed by atoms with Crippen molar-refractivity contribution in [2.24, 2.45) is 5.92 Å². The minimum absolute atomic E-state index is 0.0187. The summed E-state index contributed by atoms with van der Waals surface area (Å²) >= 11 is 0. The molecule has 0 spiro atoms. The molecule has 1 fully saturated rings. The number of nitrogens with one attached hydrogen (secondary N) is 2. The van der Waals surface area contributed by atoms with Gasteiger partial charge in [-0.2, -0.15) is 0 Å². The van der Waals surface area contributed by atoms with Gasteiger partial charge in [-0.1, -0.05) is 17.7 Å². The molecule has 1 aliphatic rings. The predicted octanol–water partition coefficient (Wildman–Crippen LogP) is 2.59. The van der Waals surface area contributed by atoms with Gasteiger partial charge in [-0.15, -0.1) is 0 Å². The average Bonchev–Trinajstić information content (AvgIpc) is 3.41. The molecule has 1 heterocycles. The van der Waals surface area contributed by atoms with E-state index in [-0.39, 0.29) is 17.7 Å². The molecule has 1 aliphatic carbocycles. The van der Waals surface area contributed by atoms with Crippen molar-refractivity contribution in [3.8, 4) is 5.69 Å². The van der Waals surface area contributed by atoms with Crippen molar-refractivity contribution in [3.05, 3.63) is 52.8 Å². The molecule has 1 aromatic carbocycles. The molecule has 5 heteroatoms. The van der Waals surface area contributed by atoms with Crippen molar-refractivity contribution in [1.82, 2.24) is 15.2 Å². The Hall–Kier alpha value is -2.56. The summed E-state index contributed by atoms with van der Waals surface area (Å²) in [4.78, 5) is 23.8. The molecule has 0 aliphatic heterocycles. The van der Waals surface area contributed by atoms with Gasteiger partial charge in [-0.3, -0.25) is 9.59 Å². The standard InChI is InChI=1S/C21H27N3O2/c1-14-4-8-19(9-5-14)24-15(2)12-18(16(24)3)13-20(25)22-10-11-23-21(26)17-6-7-17/h4-5,8-9,12,17H,6-7,10-11,13H2,1-3H3,(H,22,25)(H,23,26). The van der Waals surface area contributed by atoms with Crippen LogP contribution in [-0.2, 0) is 16.0 Å². The summed E-state index contributed by atoms with van der Waals surface area (Å²) in [5, 5.41) is 5.74. The fraction of sp³-hybridized carbons (Fsp3) is 0.429. The van der Waals surface area contributed by atoms with Crippen LogP contribution in [0.1, 0.15) is 35.4 Å². The second-order valence-electron chi connectivity index (χ2n) is 7.16. The summed E-state index contributed by atoms with van der Waals surface area (Å²) in [7, 11) is 0. The van der Waals surface area contributed by atoms with E-state index in [4.69, 9.17) is 0 Å². The second-order valence-corrected chi connectivity index (χ2v) is 7.16. The quantitative estimate of drug-likeness (QED) is 0.752. The molecular formula is C21H27N3O2. The summed E-state index contributed by atoms with van der Waals surface area (Å²) in [5.41, 5.74) is 5.57. The van der Waals surface area contributed by atoms with Gasteiger partial charge in [0.25, 0.3) is 0 Å². The van der Waals surface area contributed by atoms with E-state index in [1.165, 1.54) is 5.56 Å². The van der Waals surface area contributed by atoms with Crippen LogP contribution in [-0.4, -0.2) is 29.5 Å². The minimum Gasteiger partial charge on any atom is -0.354 e. The molecule has 1 saturated carbocycles. The number of hydrogen-bond donors (Lipinski definition) is 2. The third-order valence-electron chi connectivity index (χ3n) is 4.87. The maximum Gasteiger partial charge on any atom is 0.224 e. The molecule has 1 aromatic heterocycles. The van der Waals surface area contributed by atoms with Crippen LogP contribution < -0.4 is 10.6 Å². The molecular weight excluding hydrogens is 326 g/mol.